The highest BCUT2D eigenvalue weighted by atomic mass is 16.3. The van der Waals surface area contributed by atoms with Gasteiger partial charge in [0, 0.05) is 6.42 Å². The van der Waals surface area contributed by atoms with E-state index in [0.29, 0.717) is 6.42 Å². The molecule has 0 heterocycles. The molecule has 0 unspecified atom stereocenters. The normalized spacial score (nSPS) is 11.8. The summed E-state index contributed by atoms with van der Waals surface area (Å²) in [4.78, 5) is 0. The number of aliphatic hydroxyl groups is 1. The predicted molar refractivity (Wildman–Crippen MR) is 68.2 cm³/mol. The highest BCUT2D eigenvalue weighted by Crippen LogP contribution is 2.20. The first-order valence-electron chi connectivity index (χ1n) is 5.78. The highest BCUT2D eigenvalue weighted by Gasteiger charge is 2.06. The van der Waals surface area contributed by atoms with Crippen LogP contribution in [0.5, 0.6) is 0 Å². The lowest BCUT2D eigenvalue weighted by atomic mass is 10.0. The van der Waals surface area contributed by atoms with Crippen LogP contribution < -0.4 is 0 Å². The van der Waals surface area contributed by atoms with Crippen LogP contribution >= 0.6 is 0 Å². The van der Waals surface area contributed by atoms with Crippen molar-refractivity contribution in [2.75, 3.05) is 0 Å². The minimum atomic E-state index is -0.418. The fourth-order valence-electron chi connectivity index (χ4n) is 1.59. The van der Waals surface area contributed by atoms with Crippen molar-refractivity contribution in [2.24, 2.45) is 0 Å². The van der Waals surface area contributed by atoms with E-state index in [1.54, 1.807) is 0 Å². The van der Waals surface area contributed by atoms with Gasteiger partial charge in [0.15, 0.2) is 0 Å². The number of aliphatic hydroxyl groups excluding tert-OH is 1. The summed E-state index contributed by atoms with van der Waals surface area (Å²) >= 11 is 0. The minimum Gasteiger partial charge on any atom is -0.388 e. The first kappa shape index (κ1) is 12.8. The standard InChI is InChI=1S/C15H20O/c1-4-12(2)10-13(3)11-15(16)14-8-6-5-7-9-14/h5-9,15-16H,4,11H2,1-3H3/t10?,15-/m1/s1. The number of rotatable bonds is 4. The number of hydrogen-bond donors (Lipinski definition) is 1. The molecule has 1 rings (SSSR count). The van der Waals surface area contributed by atoms with Gasteiger partial charge in [0.1, 0.15) is 0 Å². The minimum absolute atomic E-state index is 0.418. The van der Waals surface area contributed by atoms with E-state index in [9.17, 15) is 5.11 Å². The molecule has 1 aromatic carbocycles. The lowest BCUT2D eigenvalue weighted by Crippen LogP contribution is -1.97. The molecule has 0 aliphatic rings. The van der Waals surface area contributed by atoms with E-state index in [4.69, 9.17) is 0 Å². The molecule has 1 N–H and O–H groups in total. The lowest BCUT2D eigenvalue weighted by Gasteiger charge is -2.09. The molecule has 1 aromatic rings. The van der Waals surface area contributed by atoms with Crippen molar-refractivity contribution >= 4 is 0 Å². The molecule has 1 atom stereocenters. The van der Waals surface area contributed by atoms with E-state index >= 15 is 0 Å². The monoisotopic (exact) mass is 216 g/mol. The van der Waals surface area contributed by atoms with Crippen molar-refractivity contribution < 1.29 is 5.11 Å². The Balaban J connectivity index is 2.73. The lowest BCUT2D eigenvalue weighted by molar-refractivity contribution is 0.178. The Morgan fingerprint density at radius 2 is 1.81 bits per heavy atom. The third-order valence-electron chi connectivity index (χ3n) is 2.64. The molecular weight excluding hydrogens is 196 g/mol. The molecule has 0 saturated heterocycles. The van der Waals surface area contributed by atoms with Gasteiger partial charge in [-0.2, -0.15) is 0 Å². The van der Waals surface area contributed by atoms with Crippen molar-refractivity contribution in [3.8, 4) is 0 Å². The van der Waals surface area contributed by atoms with Gasteiger partial charge in [0.2, 0.25) is 0 Å². The average Bonchev–Trinajstić information content (AvgIpc) is 2.29. The summed E-state index contributed by atoms with van der Waals surface area (Å²) in [5.41, 5.74) is 6.61. The maximum Gasteiger partial charge on any atom is 0.0833 e. The summed E-state index contributed by atoms with van der Waals surface area (Å²) in [6, 6.07) is 9.76. The Hall–Kier alpha value is -1.30. The molecule has 16 heavy (non-hydrogen) atoms. The van der Waals surface area contributed by atoms with Crippen LogP contribution in [0, 0.1) is 0 Å². The van der Waals surface area contributed by atoms with Crippen molar-refractivity contribution in [1.29, 1.82) is 0 Å². The van der Waals surface area contributed by atoms with Crippen LogP contribution in [0.15, 0.2) is 47.2 Å². The van der Waals surface area contributed by atoms with E-state index in [1.165, 1.54) is 5.57 Å². The molecule has 0 fully saturated rings. The van der Waals surface area contributed by atoms with Crippen molar-refractivity contribution in [3.05, 3.63) is 52.8 Å². The van der Waals surface area contributed by atoms with Crippen molar-refractivity contribution in [3.63, 3.8) is 0 Å². The summed E-state index contributed by atoms with van der Waals surface area (Å²) in [6.45, 7) is 6.20. The van der Waals surface area contributed by atoms with Crippen LogP contribution in [0.1, 0.15) is 45.3 Å². The molecule has 0 saturated carbocycles. The van der Waals surface area contributed by atoms with Crippen molar-refractivity contribution in [2.45, 2.75) is 39.7 Å². The van der Waals surface area contributed by atoms with Gasteiger partial charge in [0.05, 0.1) is 6.10 Å². The Morgan fingerprint density at radius 3 is 2.38 bits per heavy atom. The van der Waals surface area contributed by atoms with Gasteiger partial charge in [-0.25, -0.2) is 0 Å². The van der Waals surface area contributed by atoms with Gasteiger partial charge in [0.25, 0.3) is 0 Å². The molecule has 86 valence electrons. The van der Waals surface area contributed by atoms with Gasteiger partial charge in [-0.15, -0.1) is 5.73 Å². The third-order valence-corrected chi connectivity index (χ3v) is 2.64. The highest BCUT2D eigenvalue weighted by molar-refractivity contribution is 5.19. The molecular formula is C15H20O. The first-order chi connectivity index (χ1) is 7.63. The van der Waals surface area contributed by atoms with E-state index in [2.05, 4.69) is 19.6 Å². The SMILES string of the molecule is CCC(C)=C=C(C)C[C@@H](O)c1ccccc1. The molecule has 0 bridgehead atoms. The molecule has 0 aliphatic heterocycles. The van der Waals surface area contributed by atoms with Crippen LogP contribution in [-0.2, 0) is 0 Å². The van der Waals surface area contributed by atoms with Crippen LogP contribution in [0.3, 0.4) is 0 Å². The van der Waals surface area contributed by atoms with E-state index in [1.807, 2.05) is 37.3 Å². The Morgan fingerprint density at radius 1 is 1.19 bits per heavy atom. The average molecular weight is 216 g/mol. The molecule has 1 heteroatoms. The molecule has 0 aliphatic carbocycles. The Bertz CT molecular complexity index is 383. The summed E-state index contributed by atoms with van der Waals surface area (Å²) < 4.78 is 0. The zero-order valence-electron chi connectivity index (χ0n) is 10.3. The van der Waals surface area contributed by atoms with Gasteiger partial charge in [-0.05, 0) is 37.0 Å². The first-order valence-corrected chi connectivity index (χ1v) is 5.78. The van der Waals surface area contributed by atoms with Gasteiger partial charge < -0.3 is 5.11 Å². The Labute approximate surface area is 98.1 Å². The van der Waals surface area contributed by atoms with Gasteiger partial charge in [-0.1, -0.05) is 37.3 Å². The summed E-state index contributed by atoms with van der Waals surface area (Å²) in [5.74, 6) is 0. The van der Waals surface area contributed by atoms with Crippen LogP contribution in [-0.4, -0.2) is 5.11 Å². The summed E-state index contributed by atoms with van der Waals surface area (Å²) in [7, 11) is 0. The molecule has 0 spiro atoms. The second-order valence-corrected chi connectivity index (χ2v) is 4.17. The topological polar surface area (TPSA) is 20.2 Å². The fraction of sp³-hybridized carbons (Fsp3) is 0.400. The zero-order chi connectivity index (χ0) is 12.0. The van der Waals surface area contributed by atoms with Crippen LogP contribution in [0.25, 0.3) is 0 Å². The second kappa shape index (κ2) is 6.32. The number of hydrogen-bond acceptors (Lipinski definition) is 1. The van der Waals surface area contributed by atoms with Gasteiger partial charge in [-0.3, -0.25) is 0 Å². The van der Waals surface area contributed by atoms with E-state index in [-0.39, 0.29) is 0 Å². The molecule has 0 radical (unpaired) electrons. The van der Waals surface area contributed by atoms with E-state index in [0.717, 1.165) is 17.6 Å². The van der Waals surface area contributed by atoms with Gasteiger partial charge >= 0.3 is 0 Å². The second-order valence-electron chi connectivity index (χ2n) is 4.17. The zero-order valence-corrected chi connectivity index (χ0v) is 10.3. The fourth-order valence-corrected chi connectivity index (χ4v) is 1.59. The maximum absolute atomic E-state index is 10.0. The third kappa shape index (κ3) is 4.06. The Kier molecular flexibility index (Phi) is 5.04. The van der Waals surface area contributed by atoms with Crippen LogP contribution in [0.2, 0.25) is 0 Å². The smallest absolute Gasteiger partial charge is 0.0833 e. The largest absolute Gasteiger partial charge is 0.388 e. The summed E-state index contributed by atoms with van der Waals surface area (Å²) in [6.07, 6.45) is 1.25. The molecule has 0 aromatic heterocycles. The number of benzene rings is 1. The molecule has 0 amide bonds. The quantitative estimate of drug-likeness (QED) is 0.754. The van der Waals surface area contributed by atoms with Crippen LogP contribution in [0.4, 0.5) is 0 Å². The molecule has 1 nitrogen and oxygen atoms in total. The van der Waals surface area contributed by atoms with E-state index < -0.39 is 6.10 Å². The summed E-state index contributed by atoms with van der Waals surface area (Å²) in [5, 5.41) is 10.0. The predicted octanol–water partition coefficient (Wildman–Crippen LogP) is 4.01. The maximum atomic E-state index is 10.0. The van der Waals surface area contributed by atoms with Crippen molar-refractivity contribution in [1.82, 2.24) is 0 Å².